The number of carbonyl (C=O) groups excluding carboxylic acids is 2. The highest BCUT2D eigenvalue weighted by Crippen LogP contribution is 2.23. The molecule has 0 heterocycles. The van der Waals surface area contributed by atoms with Gasteiger partial charge < -0.3 is 9.64 Å². The first-order valence-electron chi connectivity index (χ1n) is 7.38. The third-order valence-corrected chi connectivity index (χ3v) is 4.22. The molecule has 0 spiro atoms. The number of esters is 1. The number of hydrogen-bond acceptors (Lipinski definition) is 5. The van der Waals surface area contributed by atoms with E-state index >= 15 is 0 Å². The lowest BCUT2D eigenvalue weighted by Crippen LogP contribution is -2.30. The van der Waals surface area contributed by atoms with Gasteiger partial charge in [0, 0.05) is 19.7 Å². The molecule has 0 bridgehead atoms. The van der Waals surface area contributed by atoms with Crippen molar-refractivity contribution in [3.8, 4) is 0 Å². The predicted molar refractivity (Wildman–Crippen MR) is 96.3 cm³/mol. The van der Waals surface area contributed by atoms with Crippen LogP contribution in [0.3, 0.4) is 0 Å². The van der Waals surface area contributed by atoms with E-state index in [-0.39, 0.29) is 17.8 Å². The lowest BCUT2D eigenvalue weighted by Gasteiger charge is -2.17. The van der Waals surface area contributed by atoms with Crippen LogP contribution in [0.4, 0.5) is 5.69 Å². The summed E-state index contributed by atoms with van der Waals surface area (Å²) in [6, 6.07) is 10.3. The first-order chi connectivity index (χ1) is 12.3. The standard InChI is InChI=1S/C17H14Cl2N2O5/c1-20(9-11-6-7-13(18)14(19)8-11)16(22)10-26-17(23)12-4-2-3-5-15(12)21(24)25/h2-8H,9-10H2,1H3. The number of hydrogen-bond donors (Lipinski definition) is 0. The summed E-state index contributed by atoms with van der Waals surface area (Å²) < 4.78 is 4.90. The van der Waals surface area contributed by atoms with Crippen molar-refractivity contribution in [1.82, 2.24) is 4.90 Å². The van der Waals surface area contributed by atoms with Crippen molar-refractivity contribution in [2.75, 3.05) is 13.7 Å². The zero-order valence-corrected chi connectivity index (χ0v) is 15.2. The zero-order chi connectivity index (χ0) is 19.3. The maximum atomic E-state index is 12.1. The Morgan fingerprint density at radius 1 is 1.15 bits per heavy atom. The molecule has 0 unspecified atom stereocenters. The third kappa shape index (κ3) is 4.93. The largest absolute Gasteiger partial charge is 0.452 e. The van der Waals surface area contributed by atoms with Crippen molar-refractivity contribution in [2.24, 2.45) is 0 Å². The Morgan fingerprint density at radius 3 is 2.50 bits per heavy atom. The molecule has 0 aliphatic carbocycles. The molecule has 0 aliphatic rings. The summed E-state index contributed by atoms with van der Waals surface area (Å²) in [7, 11) is 1.53. The fourth-order valence-corrected chi connectivity index (χ4v) is 2.44. The van der Waals surface area contributed by atoms with Crippen LogP contribution in [-0.2, 0) is 16.1 Å². The molecule has 0 saturated carbocycles. The molecule has 7 nitrogen and oxygen atoms in total. The van der Waals surface area contributed by atoms with E-state index in [1.165, 1.54) is 36.2 Å². The lowest BCUT2D eigenvalue weighted by molar-refractivity contribution is -0.385. The summed E-state index contributed by atoms with van der Waals surface area (Å²) in [5, 5.41) is 11.7. The number of benzene rings is 2. The lowest BCUT2D eigenvalue weighted by atomic mass is 10.2. The van der Waals surface area contributed by atoms with E-state index in [0.717, 1.165) is 5.56 Å². The van der Waals surface area contributed by atoms with Gasteiger partial charge in [0.15, 0.2) is 6.61 Å². The molecule has 0 aromatic heterocycles. The van der Waals surface area contributed by atoms with Gasteiger partial charge in [0.25, 0.3) is 11.6 Å². The smallest absolute Gasteiger partial charge is 0.345 e. The number of rotatable bonds is 6. The summed E-state index contributed by atoms with van der Waals surface area (Å²) in [6.07, 6.45) is 0. The van der Waals surface area contributed by atoms with E-state index in [4.69, 9.17) is 27.9 Å². The van der Waals surface area contributed by atoms with E-state index in [1.54, 1.807) is 18.2 Å². The summed E-state index contributed by atoms with van der Waals surface area (Å²) >= 11 is 11.8. The van der Waals surface area contributed by atoms with Gasteiger partial charge in [0.1, 0.15) is 5.56 Å². The Hall–Kier alpha value is -2.64. The van der Waals surface area contributed by atoms with Crippen LogP contribution >= 0.6 is 23.2 Å². The van der Waals surface area contributed by atoms with Gasteiger partial charge >= 0.3 is 5.97 Å². The van der Waals surface area contributed by atoms with Crippen LogP contribution in [0, 0.1) is 10.1 Å². The monoisotopic (exact) mass is 396 g/mol. The molecule has 0 N–H and O–H groups in total. The number of para-hydroxylation sites is 1. The van der Waals surface area contributed by atoms with Crippen molar-refractivity contribution < 1.29 is 19.2 Å². The first-order valence-corrected chi connectivity index (χ1v) is 8.13. The number of amides is 1. The number of nitro benzene ring substituents is 1. The van der Waals surface area contributed by atoms with Crippen molar-refractivity contribution in [3.05, 3.63) is 73.8 Å². The van der Waals surface area contributed by atoms with Crippen molar-refractivity contribution >= 4 is 40.8 Å². The number of halogens is 2. The minimum Gasteiger partial charge on any atom is -0.452 e. The Balaban J connectivity index is 1.96. The summed E-state index contributed by atoms with van der Waals surface area (Å²) in [5.41, 5.74) is 0.159. The van der Waals surface area contributed by atoms with E-state index in [1.807, 2.05) is 0 Å². The second-order valence-corrected chi connectivity index (χ2v) is 6.16. The number of likely N-dealkylation sites (N-methyl/N-ethyl adjacent to an activating group) is 1. The van der Waals surface area contributed by atoms with Crippen LogP contribution in [0.25, 0.3) is 0 Å². The normalized spacial score (nSPS) is 10.3. The summed E-state index contributed by atoms with van der Waals surface area (Å²) in [5.74, 6) is -1.41. The molecule has 0 radical (unpaired) electrons. The van der Waals surface area contributed by atoms with Crippen LogP contribution in [0.5, 0.6) is 0 Å². The van der Waals surface area contributed by atoms with Gasteiger partial charge in [-0.15, -0.1) is 0 Å². The average Bonchev–Trinajstić information content (AvgIpc) is 2.62. The fraction of sp³-hybridized carbons (Fsp3) is 0.176. The van der Waals surface area contributed by atoms with Crippen molar-refractivity contribution in [3.63, 3.8) is 0 Å². The zero-order valence-electron chi connectivity index (χ0n) is 13.6. The SMILES string of the molecule is CN(Cc1ccc(Cl)c(Cl)c1)C(=O)COC(=O)c1ccccc1[N+](=O)[O-]. The van der Waals surface area contributed by atoms with E-state index in [0.29, 0.717) is 10.0 Å². The Morgan fingerprint density at radius 2 is 1.85 bits per heavy atom. The second kappa shape index (κ2) is 8.64. The molecule has 136 valence electrons. The van der Waals surface area contributed by atoms with Crippen molar-refractivity contribution in [1.29, 1.82) is 0 Å². The molecule has 0 fully saturated rings. The Bertz CT molecular complexity index is 857. The molecule has 2 aromatic rings. The molecule has 9 heteroatoms. The van der Waals surface area contributed by atoms with Gasteiger partial charge in [-0.05, 0) is 23.8 Å². The predicted octanol–water partition coefficient (Wildman–Crippen LogP) is 3.72. The van der Waals surface area contributed by atoms with Gasteiger partial charge in [0.2, 0.25) is 0 Å². The van der Waals surface area contributed by atoms with Crippen LogP contribution in [0.2, 0.25) is 10.0 Å². The third-order valence-electron chi connectivity index (χ3n) is 3.48. The van der Waals surface area contributed by atoms with Gasteiger partial charge in [-0.3, -0.25) is 14.9 Å². The molecule has 2 aromatic carbocycles. The molecule has 0 saturated heterocycles. The van der Waals surface area contributed by atoms with E-state index < -0.39 is 23.4 Å². The van der Waals surface area contributed by atoms with Crippen LogP contribution in [0.1, 0.15) is 15.9 Å². The average molecular weight is 397 g/mol. The first kappa shape index (κ1) is 19.7. The minimum absolute atomic E-state index is 0.211. The van der Waals surface area contributed by atoms with Gasteiger partial charge in [-0.2, -0.15) is 0 Å². The number of nitrogens with zero attached hydrogens (tertiary/aromatic N) is 2. The maximum Gasteiger partial charge on any atom is 0.345 e. The summed E-state index contributed by atoms with van der Waals surface area (Å²) in [4.78, 5) is 35.7. The Labute approximate surface area is 159 Å². The Kier molecular flexibility index (Phi) is 6.54. The fourth-order valence-electron chi connectivity index (χ4n) is 2.12. The molecule has 0 atom stereocenters. The number of ether oxygens (including phenoxy) is 1. The quantitative estimate of drug-likeness (QED) is 0.421. The van der Waals surface area contributed by atoms with Crippen molar-refractivity contribution in [2.45, 2.75) is 6.54 Å². The van der Waals surface area contributed by atoms with Crippen LogP contribution in [-0.4, -0.2) is 35.4 Å². The van der Waals surface area contributed by atoms with Gasteiger partial charge in [-0.25, -0.2) is 4.79 Å². The number of carbonyl (C=O) groups is 2. The highest BCUT2D eigenvalue weighted by Gasteiger charge is 2.22. The molecular formula is C17H14Cl2N2O5. The summed E-state index contributed by atoms with van der Waals surface area (Å²) in [6.45, 7) is -0.304. The molecule has 0 aliphatic heterocycles. The minimum atomic E-state index is -0.936. The van der Waals surface area contributed by atoms with Crippen LogP contribution in [0.15, 0.2) is 42.5 Å². The molecule has 1 amide bonds. The second-order valence-electron chi connectivity index (χ2n) is 5.35. The highest BCUT2D eigenvalue weighted by atomic mass is 35.5. The van der Waals surface area contributed by atoms with E-state index in [2.05, 4.69) is 0 Å². The van der Waals surface area contributed by atoms with Gasteiger partial charge in [0.05, 0.1) is 15.0 Å². The topological polar surface area (TPSA) is 89.8 Å². The number of nitro groups is 1. The van der Waals surface area contributed by atoms with E-state index in [9.17, 15) is 19.7 Å². The van der Waals surface area contributed by atoms with Gasteiger partial charge in [-0.1, -0.05) is 41.4 Å². The van der Waals surface area contributed by atoms with Crippen LogP contribution < -0.4 is 0 Å². The molecule has 2 rings (SSSR count). The highest BCUT2D eigenvalue weighted by molar-refractivity contribution is 6.42. The molecule has 26 heavy (non-hydrogen) atoms. The maximum absolute atomic E-state index is 12.1. The molecular weight excluding hydrogens is 383 g/mol.